The fraction of sp³-hybridized carbons (Fsp3) is 0.963. The highest BCUT2D eigenvalue weighted by Gasteiger charge is 2.62. The molecule has 4 aliphatic rings. The molecule has 4 fully saturated rings. The average Bonchev–Trinajstić information content (AvgIpc) is 3.13. The summed E-state index contributed by atoms with van der Waals surface area (Å²) in [6, 6.07) is 0. The molecule has 3 N–H and O–H groups in total. The number of carbonyl (C=O) groups excluding carboxylic acids is 1. The third kappa shape index (κ3) is 5.19. The van der Waals surface area contributed by atoms with Crippen molar-refractivity contribution in [2.24, 2.45) is 46.3 Å². The van der Waals surface area contributed by atoms with Crippen molar-refractivity contribution >= 4 is 16.0 Å². The van der Waals surface area contributed by atoms with Crippen LogP contribution in [0.15, 0.2) is 0 Å². The van der Waals surface area contributed by atoms with E-state index in [0.717, 1.165) is 51.4 Å². The number of hydrogen-bond donors (Lipinski definition) is 3. The first-order valence-electron chi connectivity index (χ1n) is 13.8. The van der Waals surface area contributed by atoms with Gasteiger partial charge in [0, 0.05) is 20.0 Å². The van der Waals surface area contributed by atoms with Crippen LogP contribution in [-0.2, 0) is 14.9 Å². The van der Waals surface area contributed by atoms with Gasteiger partial charge in [0.2, 0.25) is 5.91 Å². The summed E-state index contributed by atoms with van der Waals surface area (Å²) >= 11 is 0. The molecule has 0 saturated heterocycles. The maximum atomic E-state index is 12.6. The van der Waals surface area contributed by atoms with Crippen molar-refractivity contribution in [3.05, 3.63) is 0 Å². The molecule has 0 bridgehead atoms. The summed E-state index contributed by atoms with van der Waals surface area (Å²) in [6.45, 7) is 7.14. The van der Waals surface area contributed by atoms with E-state index in [9.17, 15) is 23.4 Å². The third-order valence-electron chi connectivity index (χ3n) is 11.3. The highest BCUT2D eigenvalue weighted by atomic mass is 32.2. The number of amides is 1. The van der Waals surface area contributed by atoms with Crippen LogP contribution in [0.1, 0.15) is 85.0 Å². The molecule has 0 aliphatic heterocycles. The number of aliphatic hydroxyl groups is 2. The Morgan fingerprint density at radius 2 is 1.69 bits per heavy atom. The van der Waals surface area contributed by atoms with Crippen LogP contribution < -0.4 is 0 Å². The molecule has 4 unspecified atom stereocenters. The van der Waals surface area contributed by atoms with Crippen molar-refractivity contribution in [3.63, 3.8) is 0 Å². The summed E-state index contributed by atoms with van der Waals surface area (Å²) < 4.78 is 30.9. The standard InChI is InChI=1S/C27H47NO6S/c1-17(5-8-24(31)28(4)13-14-35(32,33)34)20-6-7-21-25-22(10-12-27(20,21)3)26(2)11-9-19(29)15-18(26)16-23(25)30/h17-23,25,29-30H,5-16H2,1-4H3,(H,32,33,34)/t17-,18?,19-,20-,21?,22?,23-,25?,26+,27-/m1/s1. The lowest BCUT2D eigenvalue weighted by molar-refractivity contribution is -0.174. The summed E-state index contributed by atoms with van der Waals surface area (Å²) in [4.78, 5) is 14.0. The van der Waals surface area contributed by atoms with E-state index >= 15 is 0 Å². The van der Waals surface area contributed by atoms with Crippen LogP contribution in [0.3, 0.4) is 0 Å². The Labute approximate surface area is 211 Å². The van der Waals surface area contributed by atoms with Crippen molar-refractivity contribution in [1.29, 1.82) is 0 Å². The fourth-order valence-corrected chi connectivity index (χ4v) is 9.80. The largest absolute Gasteiger partial charge is 0.393 e. The predicted octanol–water partition coefficient (Wildman–Crippen LogP) is 3.74. The van der Waals surface area contributed by atoms with E-state index in [1.807, 2.05) is 0 Å². The molecule has 0 aromatic carbocycles. The Bertz CT molecular complexity index is 894. The molecule has 0 aromatic rings. The van der Waals surface area contributed by atoms with Crippen molar-refractivity contribution < 1.29 is 28.0 Å². The summed E-state index contributed by atoms with van der Waals surface area (Å²) in [5, 5.41) is 21.7. The molecular formula is C27H47NO6S. The van der Waals surface area contributed by atoms with Gasteiger partial charge in [-0.05, 0) is 104 Å². The molecule has 35 heavy (non-hydrogen) atoms. The highest BCUT2D eigenvalue weighted by molar-refractivity contribution is 7.85. The molecule has 8 heteroatoms. The second-order valence-electron chi connectivity index (χ2n) is 13.1. The molecule has 4 saturated carbocycles. The third-order valence-corrected chi connectivity index (χ3v) is 12.0. The summed E-state index contributed by atoms with van der Waals surface area (Å²) in [6.07, 6.45) is 8.91. The lowest BCUT2D eigenvalue weighted by atomic mass is 9.43. The van der Waals surface area contributed by atoms with Gasteiger partial charge in [-0.3, -0.25) is 9.35 Å². The smallest absolute Gasteiger partial charge is 0.266 e. The van der Waals surface area contributed by atoms with E-state index < -0.39 is 15.9 Å². The van der Waals surface area contributed by atoms with Crippen LogP contribution in [0.4, 0.5) is 0 Å². The van der Waals surface area contributed by atoms with Crippen molar-refractivity contribution in [3.8, 4) is 0 Å². The lowest BCUT2D eigenvalue weighted by Crippen LogP contribution is -2.58. The molecule has 7 nitrogen and oxygen atoms in total. The maximum absolute atomic E-state index is 12.6. The van der Waals surface area contributed by atoms with Crippen LogP contribution in [-0.4, -0.2) is 65.5 Å². The van der Waals surface area contributed by atoms with E-state index in [4.69, 9.17) is 4.55 Å². The summed E-state index contributed by atoms with van der Waals surface area (Å²) in [7, 11) is -2.48. The van der Waals surface area contributed by atoms with Crippen molar-refractivity contribution in [2.45, 2.75) is 97.2 Å². The quantitative estimate of drug-likeness (QED) is 0.447. The Balaban J connectivity index is 1.40. The second-order valence-corrected chi connectivity index (χ2v) is 14.6. The van der Waals surface area contributed by atoms with Gasteiger partial charge < -0.3 is 15.1 Å². The van der Waals surface area contributed by atoms with E-state index in [-0.39, 0.29) is 35.5 Å². The Kier molecular flexibility index (Phi) is 7.72. The lowest BCUT2D eigenvalue weighted by Gasteiger charge is -2.62. The molecular weight excluding hydrogens is 466 g/mol. The fourth-order valence-electron chi connectivity index (χ4n) is 9.30. The van der Waals surface area contributed by atoms with Gasteiger partial charge in [-0.25, -0.2) is 0 Å². The molecule has 0 radical (unpaired) electrons. The molecule has 202 valence electrons. The van der Waals surface area contributed by atoms with Crippen LogP contribution >= 0.6 is 0 Å². The monoisotopic (exact) mass is 513 g/mol. The Morgan fingerprint density at radius 1 is 1.03 bits per heavy atom. The molecule has 10 atom stereocenters. The van der Waals surface area contributed by atoms with Gasteiger partial charge in [0.25, 0.3) is 10.1 Å². The van der Waals surface area contributed by atoms with Gasteiger partial charge in [-0.15, -0.1) is 0 Å². The van der Waals surface area contributed by atoms with Crippen LogP contribution in [0.2, 0.25) is 0 Å². The first kappa shape index (κ1) is 27.3. The minimum absolute atomic E-state index is 0.00696. The normalized spacial score (nSPS) is 44.1. The topological polar surface area (TPSA) is 115 Å². The molecule has 0 spiro atoms. The van der Waals surface area contributed by atoms with Gasteiger partial charge >= 0.3 is 0 Å². The molecule has 0 heterocycles. The Hall–Kier alpha value is -0.700. The SMILES string of the molecule is C[C@H](CCC(=O)N(C)CCS(=O)(=O)O)[C@H]1CCC2C3C(CC[C@@]21C)[C@@]1(C)CC[C@@H](O)CC1C[C@H]3O. The zero-order chi connectivity index (χ0) is 25.8. The van der Waals surface area contributed by atoms with Crippen molar-refractivity contribution in [1.82, 2.24) is 4.90 Å². The molecule has 1 amide bonds. The van der Waals surface area contributed by atoms with E-state index in [1.165, 1.54) is 11.3 Å². The predicted molar refractivity (Wildman–Crippen MR) is 135 cm³/mol. The first-order chi connectivity index (χ1) is 16.3. The summed E-state index contributed by atoms with van der Waals surface area (Å²) in [5.41, 5.74) is 0.409. The van der Waals surface area contributed by atoms with E-state index in [1.54, 1.807) is 7.05 Å². The maximum Gasteiger partial charge on any atom is 0.266 e. The van der Waals surface area contributed by atoms with E-state index in [0.29, 0.717) is 41.9 Å². The Morgan fingerprint density at radius 3 is 2.37 bits per heavy atom. The van der Waals surface area contributed by atoms with Crippen LogP contribution in [0, 0.1) is 46.3 Å². The van der Waals surface area contributed by atoms with Gasteiger partial charge in [0.15, 0.2) is 0 Å². The van der Waals surface area contributed by atoms with Crippen molar-refractivity contribution in [2.75, 3.05) is 19.3 Å². The number of carbonyl (C=O) groups is 1. The first-order valence-corrected chi connectivity index (χ1v) is 15.4. The molecule has 4 rings (SSSR count). The molecule has 4 aliphatic carbocycles. The van der Waals surface area contributed by atoms with Gasteiger partial charge in [0.1, 0.15) is 0 Å². The van der Waals surface area contributed by atoms with Gasteiger partial charge in [-0.2, -0.15) is 8.42 Å². The zero-order valence-electron chi connectivity index (χ0n) is 22.0. The number of fused-ring (bicyclic) bond motifs is 5. The number of nitrogens with zero attached hydrogens (tertiary/aromatic N) is 1. The van der Waals surface area contributed by atoms with E-state index in [2.05, 4.69) is 20.8 Å². The highest BCUT2D eigenvalue weighted by Crippen LogP contribution is 2.68. The number of rotatable bonds is 7. The van der Waals surface area contributed by atoms with Gasteiger partial charge in [-0.1, -0.05) is 20.8 Å². The zero-order valence-corrected chi connectivity index (χ0v) is 22.8. The average molecular weight is 514 g/mol. The van der Waals surface area contributed by atoms with Gasteiger partial charge in [0.05, 0.1) is 18.0 Å². The minimum atomic E-state index is -4.07. The minimum Gasteiger partial charge on any atom is -0.393 e. The van der Waals surface area contributed by atoms with Crippen LogP contribution in [0.5, 0.6) is 0 Å². The van der Waals surface area contributed by atoms with Crippen LogP contribution in [0.25, 0.3) is 0 Å². The number of hydrogen-bond acceptors (Lipinski definition) is 5. The second kappa shape index (κ2) is 9.88. The molecule has 0 aromatic heterocycles. The summed E-state index contributed by atoms with van der Waals surface area (Å²) in [5.74, 6) is 2.21. The number of aliphatic hydroxyl groups excluding tert-OH is 2.